The molecule has 1 aliphatic heterocycles. The minimum atomic E-state index is -0.601. The van der Waals surface area contributed by atoms with Crippen LogP contribution < -0.4 is 9.47 Å². The van der Waals surface area contributed by atoms with Crippen molar-refractivity contribution in [1.29, 1.82) is 0 Å². The van der Waals surface area contributed by atoms with E-state index in [4.69, 9.17) is 21.1 Å². The summed E-state index contributed by atoms with van der Waals surface area (Å²) in [6.07, 6.45) is 1.59. The minimum Gasteiger partial charge on any atom is -0.493 e. The third kappa shape index (κ3) is 5.27. The van der Waals surface area contributed by atoms with E-state index in [1.165, 1.54) is 18.1 Å². The Kier molecular flexibility index (Phi) is 6.82. The molecule has 1 saturated heterocycles. The monoisotopic (exact) mass is 479 g/mol. The van der Waals surface area contributed by atoms with Gasteiger partial charge < -0.3 is 9.47 Å². The van der Waals surface area contributed by atoms with Crippen LogP contribution in [0.3, 0.4) is 0 Å². The summed E-state index contributed by atoms with van der Waals surface area (Å²) in [5.74, 6) is -0.447. The number of carbonyl (C=O) groups is 3. The van der Waals surface area contributed by atoms with Gasteiger partial charge in [-0.1, -0.05) is 54.1 Å². The highest BCUT2D eigenvalue weighted by Gasteiger charge is 2.35. The van der Waals surface area contributed by atoms with Gasteiger partial charge >= 0.3 is 5.97 Å². The highest BCUT2D eigenvalue weighted by atomic mass is 35.5. The number of esters is 1. The van der Waals surface area contributed by atoms with E-state index in [0.29, 0.717) is 16.3 Å². The van der Waals surface area contributed by atoms with Gasteiger partial charge in [0.1, 0.15) is 0 Å². The molecular weight excluding hydrogens is 462 g/mol. The smallest absolute Gasteiger partial charge is 0.343 e. The van der Waals surface area contributed by atoms with Crippen LogP contribution in [0.4, 0.5) is 4.79 Å². The second-order valence-electron chi connectivity index (χ2n) is 7.06. The molecule has 166 valence electrons. The van der Waals surface area contributed by atoms with E-state index in [1.54, 1.807) is 42.5 Å². The number of thioether (sulfide) groups is 1. The summed E-state index contributed by atoms with van der Waals surface area (Å²) in [6.45, 7) is 0.202. The molecule has 3 aromatic carbocycles. The Morgan fingerprint density at radius 2 is 1.79 bits per heavy atom. The van der Waals surface area contributed by atoms with Crippen LogP contribution in [-0.4, -0.2) is 29.1 Å². The first kappa shape index (κ1) is 22.6. The SMILES string of the molecule is COc1ccc(/C=C2\SC(=O)N(Cc3ccccc3)C2=O)cc1OC(=O)c1cccc(Cl)c1. The molecule has 0 aromatic heterocycles. The Bertz CT molecular complexity index is 1260. The molecule has 0 radical (unpaired) electrons. The maximum atomic E-state index is 12.8. The second kappa shape index (κ2) is 9.94. The fraction of sp³-hybridized carbons (Fsp3) is 0.0800. The molecule has 0 unspecified atom stereocenters. The lowest BCUT2D eigenvalue weighted by Gasteiger charge is -2.12. The molecule has 0 bridgehead atoms. The van der Waals surface area contributed by atoms with Crippen molar-refractivity contribution in [2.45, 2.75) is 6.54 Å². The first-order valence-electron chi connectivity index (χ1n) is 9.89. The van der Waals surface area contributed by atoms with Crippen molar-refractivity contribution in [3.63, 3.8) is 0 Å². The fourth-order valence-corrected chi connectivity index (χ4v) is 4.22. The summed E-state index contributed by atoms with van der Waals surface area (Å²) in [6, 6.07) is 20.6. The Morgan fingerprint density at radius 1 is 1.00 bits per heavy atom. The second-order valence-corrected chi connectivity index (χ2v) is 8.49. The molecule has 8 heteroatoms. The van der Waals surface area contributed by atoms with E-state index in [0.717, 1.165) is 17.3 Å². The number of benzene rings is 3. The summed E-state index contributed by atoms with van der Waals surface area (Å²) < 4.78 is 10.8. The molecule has 0 spiro atoms. The normalized spacial score (nSPS) is 14.6. The van der Waals surface area contributed by atoms with E-state index < -0.39 is 5.97 Å². The van der Waals surface area contributed by atoms with Crippen molar-refractivity contribution in [1.82, 2.24) is 4.90 Å². The summed E-state index contributed by atoms with van der Waals surface area (Å²) in [5, 5.41) is 0.0765. The lowest BCUT2D eigenvalue weighted by molar-refractivity contribution is -0.123. The molecule has 2 amide bonds. The van der Waals surface area contributed by atoms with Gasteiger partial charge in [0.2, 0.25) is 0 Å². The summed E-state index contributed by atoms with van der Waals surface area (Å²) in [7, 11) is 1.46. The molecular formula is C25H18ClNO5S. The first-order valence-corrected chi connectivity index (χ1v) is 11.1. The Morgan fingerprint density at radius 3 is 2.52 bits per heavy atom. The van der Waals surface area contributed by atoms with E-state index in [-0.39, 0.29) is 33.9 Å². The molecule has 1 aliphatic rings. The van der Waals surface area contributed by atoms with Crippen LogP contribution in [0.25, 0.3) is 6.08 Å². The third-order valence-electron chi connectivity index (χ3n) is 4.81. The largest absolute Gasteiger partial charge is 0.493 e. The topological polar surface area (TPSA) is 72.9 Å². The van der Waals surface area contributed by atoms with Crippen LogP contribution in [0.2, 0.25) is 5.02 Å². The molecule has 0 atom stereocenters. The van der Waals surface area contributed by atoms with E-state index >= 15 is 0 Å². The average Bonchev–Trinajstić information content (AvgIpc) is 3.07. The minimum absolute atomic E-state index is 0.180. The lowest BCUT2D eigenvalue weighted by Crippen LogP contribution is -2.27. The quantitative estimate of drug-likeness (QED) is 0.252. The number of imide groups is 1. The van der Waals surface area contributed by atoms with Crippen LogP contribution >= 0.6 is 23.4 Å². The van der Waals surface area contributed by atoms with Gasteiger partial charge in [-0.25, -0.2) is 4.79 Å². The molecule has 1 fully saturated rings. The maximum Gasteiger partial charge on any atom is 0.343 e. The number of amides is 2. The molecule has 6 nitrogen and oxygen atoms in total. The third-order valence-corrected chi connectivity index (χ3v) is 5.95. The average molecular weight is 480 g/mol. The molecule has 33 heavy (non-hydrogen) atoms. The summed E-state index contributed by atoms with van der Waals surface area (Å²) >= 11 is 6.82. The molecule has 3 aromatic rings. The van der Waals surface area contributed by atoms with Crippen LogP contribution in [0.5, 0.6) is 11.5 Å². The molecule has 4 rings (SSSR count). The first-order chi connectivity index (χ1) is 15.9. The van der Waals surface area contributed by atoms with Crippen molar-refractivity contribution in [2.75, 3.05) is 7.11 Å². The van der Waals surface area contributed by atoms with Gasteiger partial charge in [0.25, 0.3) is 11.1 Å². The van der Waals surface area contributed by atoms with Crippen molar-refractivity contribution in [2.24, 2.45) is 0 Å². The van der Waals surface area contributed by atoms with Crippen LogP contribution in [0.1, 0.15) is 21.5 Å². The van der Waals surface area contributed by atoms with Gasteiger partial charge in [-0.2, -0.15) is 0 Å². The van der Waals surface area contributed by atoms with Gasteiger partial charge in [0.15, 0.2) is 11.5 Å². The predicted octanol–water partition coefficient (Wildman–Crippen LogP) is 5.80. The van der Waals surface area contributed by atoms with Gasteiger partial charge in [-0.3, -0.25) is 14.5 Å². The van der Waals surface area contributed by atoms with Crippen molar-refractivity contribution >= 4 is 46.6 Å². The van der Waals surface area contributed by atoms with Gasteiger partial charge in [0.05, 0.1) is 24.1 Å². The van der Waals surface area contributed by atoms with E-state index in [9.17, 15) is 14.4 Å². The number of halogens is 1. The van der Waals surface area contributed by atoms with Crippen LogP contribution in [0.15, 0.2) is 77.7 Å². The van der Waals surface area contributed by atoms with Crippen molar-refractivity contribution < 1.29 is 23.9 Å². The number of hydrogen-bond acceptors (Lipinski definition) is 6. The highest BCUT2D eigenvalue weighted by Crippen LogP contribution is 2.35. The molecule has 0 aliphatic carbocycles. The molecule has 0 N–H and O–H groups in total. The van der Waals surface area contributed by atoms with Gasteiger partial charge in [0, 0.05) is 5.02 Å². The van der Waals surface area contributed by atoms with Crippen molar-refractivity contribution in [3.8, 4) is 11.5 Å². The maximum absolute atomic E-state index is 12.8. The number of methoxy groups -OCH3 is 1. The Balaban J connectivity index is 1.56. The zero-order valence-corrected chi connectivity index (χ0v) is 19.1. The number of rotatable bonds is 6. The Hall–Kier alpha value is -3.55. The number of carbonyl (C=O) groups excluding carboxylic acids is 3. The van der Waals surface area contributed by atoms with Crippen molar-refractivity contribution in [3.05, 3.63) is 99.4 Å². The zero-order valence-electron chi connectivity index (χ0n) is 17.5. The number of nitrogens with zero attached hydrogens (tertiary/aromatic N) is 1. The zero-order chi connectivity index (χ0) is 23.4. The van der Waals surface area contributed by atoms with Gasteiger partial charge in [-0.05, 0) is 59.3 Å². The number of hydrogen-bond donors (Lipinski definition) is 0. The van der Waals surface area contributed by atoms with E-state index in [1.807, 2.05) is 30.3 Å². The van der Waals surface area contributed by atoms with E-state index in [2.05, 4.69) is 0 Å². The summed E-state index contributed by atoms with van der Waals surface area (Å²) in [4.78, 5) is 39.3. The van der Waals surface area contributed by atoms with Crippen LogP contribution in [0, 0.1) is 0 Å². The number of ether oxygens (including phenoxy) is 2. The predicted molar refractivity (Wildman–Crippen MR) is 127 cm³/mol. The molecule has 1 heterocycles. The standard InChI is InChI=1S/C25H18ClNO5S/c1-31-20-11-10-17(12-21(20)32-24(29)18-8-5-9-19(26)14-18)13-22-23(28)27(25(30)33-22)15-16-6-3-2-4-7-16/h2-14H,15H2,1H3/b22-13-. The molecule has 0 saturated carbocycles. The van der Waals surface area contributed by atoms with Crippen LogP contribution in [-0.2, 0) is 11.3 Å². The summed E-state index contributed by atoms with van der Waals surface area (Å²) in [5.41, 5.74) is 1.73. The van der Waals surface area contributed by atoms with Gasteiger partial charge in [-0.15, -0.1) is 0 Å². The Labute approximate surface area is 199 Å². The fourth-order valence-electron chi connectivity index (χ4n) is 3.19. The highest BCUT2D eigenvalue weighted by molar-refractivity contribution is 8.18. The lowest BCUT2D eigenvalue weighted by atomic mass is 10.1.